The summed E-state index contributed by atoms with van der Waals surface area (Å²) in [6, 6.07) is 0. The highest BCUT2D eigenvalue weighted by molar-refractivity contribution is 7.80. The lowest BCUT2D eigenvalue weighted by Crippen LogP contribution is -2.48. The van der Waals surface area contributed by atoms with Gasteiger partial charge in [-0.15, -0.1) is 0 Å². The van der Waals surface area contributed by atoms with E-state index >= 15 is 0 Å². The summed E-state index contributed by atoms with van der Waals surface area (Å²) in [4.78, 5) is 16.2. The molecule has 1 rings (SSSR count). The van der Waals surface area contributed by atoms with Crippen molar-refractivity contribution in [2.45, 2.75) is 32.6 Å². The summed E-state index contributed by atoms with van der Waals surface area (Å²) in [5.74, 6) is 1.30. The van der Waals surface area contributed by atoms with Crippen LogP contribution in [0.4, 0.5) is 0 Å². The maximum Gasteiger partial charge on any atom is 0.222 e. The lowest BCUT2D eigenvalue weighted by molar-refractivity contribution is -0.133. The number of hydrogen-bond acceptors (Lipinski definition) is 3. The molecule has 0 unspecified atom stereocenters. The van der Waals surface area contributed by atoms with Crippen molar-refractivity contribution in [3.8, 4) is 0 Å². The van der Waals surface area contributed by atoms with Gasteiger partial charge in [0.15, 0.2) is 0 Å². The second-order valence-electron chi connectivity index (χ2n) is 4.40. The van der Waals surface area contributed by atoms with Crippen LogP contribution in [0.5, 0.6) is 0 Å². The maximum absolute atomic E-state index is 11.8. The number of carbonyl (C=O) groups excluding carboxylic acids is 1. The van der Waals surface area contributed by atoms with E-state index in [0.29, 0.717) is 5.91 Å². The Morgan fingerprint density at radius 3 is 2.44 bits per heavy atom. The fourth-order valence-electron chi connectivity index (χ4n) is 2.00. The molecule has 0 aromatic rings. The van der Waals surface area contributed by atoms with Crippen LogP contribution in [0.3, 0.4) is 0 Å². The van der Waals surface area contributed by atoms with Crippen molar-refractivity contribution in [1.29, 1.82) is 0 Å². The number of amides is 1. The third-order valence-corrected chi connectivity index (χ3v) is 3.42. The molecular weight excluding hydrogens is 220 g/mol. The monoisotopic (exact) mass is 244 g/mol. The number of nitrogens with zero attached hydrogens (tertiary/aromatic N) is 2. The van der Waals surface area contributed by atoms with Crippen LogP contribution in [-0.2, 0) is 4.79 Å². The number of rotatable bonds is 6. The molecule has 0 aromatic carbocycles. The predicted molar refractivity (Wildman–Crippen MR) is 71.0 cm³/mol. The van der Waals surface area contributed by atoms with Crippen LogP contribution in [-0.4, -0.2) is 54.2 Å². The number of hydrogen-bond donors (Lipinski definition) is 1. The molecule has 0 N–H and O–H groups in total. The van der Waals surface area contributed by atoms with Crippen molar-refractivity contribution in [2.75, 3.05) is 38.5 Å². The Morgan fingerprint density at radius 1 is 1.19 bits per heavy atom. The minimum atomic E-state index is 0.343. The van der Waals surface area contributed by atoms with Crippen molar-refractivity contribution in [2.24, 2.45) is 0 Å². The van der Waals surface area contributed by atoms with Crippen molar-refractivity contribution in [3.63, 3.8) is 0 Å². The summed E-state index contributed by atoms with van der Waals surface area (Å²) in [5, 5.41) is 0. The van der Waals surface area contributed by atoms with Gasteiger partial charge in [-0.05, 0) is 25.1 Å². The molecule has 1 fully saturated rings. The zero-order valence-electron chi connectivity index (χ0n) is 10.3. The zero-order chi connectivity index (χ0) is 11.8. The smallest absolute Gasteiger partial charge is 0.222 e. The molecule has 0 aliphatic carbocycles. The first kappa shape index (κ1) is 13.8. The second kappa shape index (κ2) is 7.96. The van der Waals surface area contributed by atoms with Crippen LogP contribution < -0.4 is 0 Å². The molecule has 0 aromatic heterocycles. The molecule has 1 heterocycles. The van der Waals surface area contributed by atoms with Crippen LogP contribution >= 0.6 is 12.6 Å². The molecule has 16 heavy (non-hydrogen) atoms. The summed E-state index contributed by atoms with van der Waals surface area (Å²) in [7, 11) is 0. The summed E-state index contributed by atoms with van der Waals surface area (Å²) < 4.78 is 0. The minimum Gasteiger partial charge on any atom is -0.340 e. The van der Waals surface area contributed by atoms with Crippen LogP contribution in [0.25, 0.3) is 0 Å². The Hall–Kier alpha value is -0.220. The van der Waals surface area contributed by atoms with Crippen LogP contribution in [0, 0.1) is 0 Å². The van der Waals surface area contributed by atoms with Gasteiger partial charge in [0.25, 0.3) is 0 Å². The van der Waals surface area contributed by atoms with Crippen LogP contribution in [0.15, 0.2) is 0 Å². The topological polar surface area (TPSA) is 23.6 Å². The quantitative estimate of drug-likeness (QED) is 0.718. The first-order valence-corrected chi connectivity index (χ1v) is 7.02. The van der Waals surface area contributed by atoms with Gasteiger partial charge in [-0.25, -0.2) is 0 Å². The summed E-state index contributed by atoms with van der Waals surface area (Å²) in [6.07, 6.45) is 4.01. The van der Waals surface area contributed by atoms with Gasteiger partial charge in [-0.1, -0.05) is 13.3 Å². The van der Waals surface area contributed by atoms with Gasteiger partial charge in [-0.3, -0.25) is 9.69 Å². The largest absolute Gasteiger partial charge is 0.340 e. The van der Waals surface area contributed by atoms with Gasteiger partial charge in [-0.2, -0.15) is 12.6 Å². The molecule has 1 aliphatic rings. The third kappa shape index (κ3) is 4.74. The molecule has 0 atom stereocenters. The maximum atomic E-state index is 11.8. The van der Waals surface area contributed by atoms with Gasteiger partial charge in [0, 0.05) is 32.6 Å². The van der Waals surface area contributed by atoms with Crippen LogP contribution in [0.1, 0.15) is 32.6 Å². The van der Waals surface area contributed by atoms with E-state index in [1.807, 2.05) is 4.90 Å². The predicted octanol–water partition coefficient (Wildman–Crippen LogP) is 1.64. The number of unbranched alkanes of at least 4 members (excludes halogenated alkanes) is 1. The van der Waals surface area contributed by atoms with E-state index in [1.54, 1.807) is 0 Å². The number of carbonyl (C=O) groups is 1. The van der Waals surface area contributed by atoms with Crippen molar-refractivity contribution >= 4 is 18.5 Å². The molecule has 3 nitrogen and oxygen atoms in total. The fourth-order valence-corrected chi connectivity index (χ4v) is 2.14. The average molecular weight is 244 g/mol. The first-order valence-electron chi connectivity index (χ1n) is 6.39. The van der Waals surface area contributed by atoms with Gasteiger partial charge in [0.05, 0.1) is 0 Å². The Bertz CT molecular complexity index is 203. The fraction of sp³-hybridized carbons (Fsp3) is 0.917. The van der Waals surface area contributed by atoms with Gasteiger partial charge >= 0.3 is 0 Å². The molecular formula is C12H24N2OS. The lowest BCUT2D eigenvalue weighted by Gasteiger charge is -2.34. The molecule has 0 bridgehead atoms. The van der Waals surface area contributed by atoms with Gasteiger partial charge < -0.3 is 4.90 Å². The molecule has 4 heteroatoms. The number of piperazine rings is 1. The van der Waals surface area contributed by atoms with E-state index in [0.717, 1.165) is 64.2 Å². The highest BCUT2D eigenvalue weighted by Gasteiger charge is 2.19. The molecule has 1 aliphatic heterocycles. The molecule has 1 amide bonds. The van der Waals surface area contributed by atoms with Crippen LogP contribution in [0.2, 0.25) is 0 Å². The zero-order valence-corrected chi connectivity index (χ0v) is 11.2. The Labute approximate surface area is 105 Å². The standard InChI is InChI=1S/C12H24N2OS/c1-2-3-5-12(15)14-9-7-13(8-10-14)6-4-11-16/h16H,2-11H2,1H3. The second-order valence-corrected chi connectivity index (χ2v) is 4.85. The normalized spacial score (nSPS) is 17.8. The summed E-state index contributed by atoms with van der Waals surface area (Å²) >= 11 is 4.22. The van der Waals surface area contributed by atoms with E-state index in [1.165, 1.54) is 0 Å². The van der Waals surface area contributed by atoms with Gasteiger partial charge in [0.1, 0.15) is 0 Å². The highest BCUT2D eigenvalue weighted by Crippen LogP contribution is 2.06. The number of thiol groups is 1. The summed E-state index contributed by atoms with van der Waals surface area (Å²) in [6.45, 7) is 7.14. The van der Waals surface area contributed by atoms with E-state index in [-0.39, 0.29) is 0 Å². The van der Waals surface area contributed by atoms with E-state index in [9.17, 15) is 4.79 Å². The summed E-state index contributed by atoms with van der Waals surface area (Å²) in [5.41, 5.74) is 0. The van der Waals surface area contributed by atoms with Crippen molar-refractivity contribution in [1.82, 2.24) is 9.80 Å². The molecule has 0 spiro atoms. The Morgan fingerprint density at radius 2 is 1.88 bits per heavy atom. The van der Waals surface area contributed by atoms with Crippen molar-refractivity contribution in [3.05, 3.63) is 0 Å². The lowest BCUT2D eigenvalue weighted by atomic mass is 10.2. The molecule has 94 valence electrons. The third-order valence-electron chi connectivity index (χ3n) is 3.10. The average Bonchev–Trinajstić information content (AvgIpc) is 2.34. The Balaban J connectivity index is 2.18. The minimum absolute atomic E-state index is 0.343. The first-order chi connectivity index (χ1) is 7.77. The van der Waals surface area contributed by atoms with Gasteiger partial charge in [0.2, 0.25) is 5.91 Å². The Kier molecular flexibility index (Phi) is 6.88. The molecule has 1 saturated heterocycles. The van der Waals surface area contributed by atoms with E-state index < -0.39 is 0 Å². The van der Waals surface area contributed by atoms with E-state index in [2.05, 4.69) is 24.5 Å². The van der Waals surface area contributed by atoms with Crippen molar-refractivity contribution < 1.29 is 4.79 Å². The van der Waals surface area contributed by atoms with E-state index in [4.69, 9.17) is 0 Å². The SMILES string of the molecule is CCCCC(=O)N1CCN(CCCS)CC1. The molecule has 0 radical (unpaired) electrons. The molecule has 0 saturated carbocycles. The highest BCUT2D eigenvalue weighted by atomic mass is 32.1.